The Morgan fingerprint density at radius 3 is 2.65 bits per heavy atom. The molecule has 0 radical (unpaired) electrons. The molecule has 1 unspecified atom stereocenters. The summed E-state index contributed by atoms with van der Waals surface area (Å²) in [6.45, 7) is 12.0. The second kappa shape index (κ2) is 6.59. The number of fused-ring (bicyclic) bond motifs is 1. The predicted molar refractivity (Wildman–Crippen MR) is 90.5 cm³/mol. The van der Waals surface area contributed by atoms with Gasteiger partial charge in [-0.25, -0.2) is 9.59 Å². The molecule has 0 bridgehead atoms. The van der Waals surface area contributed by atoms with Gasteiger partial charge in [-0.05, 0) is 34.6 Å². The van der Waals surface area contributed by atoms with Gasteiger partial charge in [0.05, 0.1) is 23.3 Å². The van der Waals surface area contributed by atoms with E-state index < -0.39 is 0 Å². The van der Waals surface area contributed by atoms with Crippen molar-refractivity contribution < 1.29 is 19.1 Å². The fourth-order valence-corrected chi connectivity index (χ4v) is 4.33. The van der Waals surface area contributed by atoms with Crippen molar-refractivity contribution >= 4 is 23.7 Å². The minimum absolute atomic E-state index is 0.0159. The van der Waals surface area contributed by atoms with Crippen LogP contribution in [0.3, 0.4) is 0 Å². The molecule has 0 aromatic heterocycles. The molecule has 0 spiro atoms. The number of ether oxygens (including phenoxy) is 2. The summed E-state index contributed by atoms with van der Waals surface area (Å²) in [4.78, 5) is 26.4. The van der Waals surface area contributed by atoms with E-state index in [-0.39, 0.29) is 29.5 Å². The highest BCUT2D eigenvalue weighted by atomic mass is 32.2. The maximum absolute atomic E-state index is 12.5. The lowest BCUT2D eigenvalue weighted by Gasteiger charge is -2.36. The van der Waals surface area contributed by atoms with Crippen molar-refractivity contribution in [3.05, 3.63) is 22.4 Å². The average Bonchev–Trinajstić information content (AvgIpc) is 2.89. The molecule has 128 valence electrons. The maximum Gasteiger partial charge on any atom is 0.337 e. The number of hydrogen-bond donors (Lipinski definition) is 0. The van der Waals surface area contributed by atoms with Gasteiger partial charge in [0.25, 0.3) is 0 Å². The van der Waals surface area contributed by atoms with Gasteiger partial charge in [0.1, 0.15) is 0 Å². The van der Waals surface area contributed by atoms with Gasteiger partial charge in [0.15, 0.2) is 0 Å². The van der Waals surface area contributed by atoms with Gasteiger partial charge in [-0.1, -0.05) is 6.92 Å². The Balaban J connectivity index is 2.38. The van der Waals surface area contributed by atoms with Crippen molar-refractivity contribution in [1.29, 1.82) is 0 Å². The third kappa shape index (κ3) is 3.27. The van der Waals surface area contributed by atoms with E-state index in [1.54, 1.807) is 18.7 Å². The van der Waals surface area contributed by atoms with Crippen LogP contribution in [-0.4, -0.2) is 40.8 Å². The molecule has 1 fully saturated rings. The van der Waals surface area contributed by atoms with E-state index in [2.05, 4.69) is 18.7 Å². The summed E-state index contributed by atoms with van der Waals surface area (Å²) >= 11 is 1.58. The molecule has 0 amide bonds. The van der Waals surface area contributed by atoms with E-state index in [1.807, 2.05) is 20.8 Å². The summed E-state index contributed by atoms with van der Waals surface area (Å²) in [5.74, 6) is 0.0686. The Kier molecular flexibility index (Phi) is 5.14. The van der Waals surface area contributed by atoms with Crippen LogP contribution in [-0.2, 0) is 19.1 Å². The first-order chi connectivity index (χ1) is 10.7. The molecule has 0 aromatic rings. The minimum atomic E-state index is -0.342. The van der Waals surface area contributed by atoms with Crippen molar-refractivity contribution in [2.24, 2.45) is 5.92 Å². The molecule has 0 saturated carbocycles. The lowest BCUT2D eigenvalue weighted by molar-refractivity contribution is -0.143. The molecule has 1 atom stereocenters. The number of esters is 2. The van der Waals surface area contributed by atoms with Gasteiger partial charge in [0.2, 0.25) is 0 Å². The molecule has 2 aliphatic rings. The van der Waals surface area contributed by atoms with E-state index in [4.69, 9.17) is 9.47 Å². The third-order valence-electron chi connectivity index (χ3n) is 4.28. The van der Waals surface area contributed by atoms with E-state index in [0.717, 1.165) is 10.7 Å². The number of hydrogen-bond acceptors (Lipinski definition) is 6. The molecule has 2 aliphatic heterocycles. The SMILES string of the molecule is CCOC(=O)C=C1CSC2=C(C(=O)OC(C)C)C(C)C(C)(C)N12. The molecule has 2 rings (SSSR count). The summed E-state index contributed by atoms with van der Waals surface area (Å²) in [5.41, 5.74) is 1.30. The van der Waals surface area contributed by atoms with Crippen LogP contribution in [0.25, 0.3) is 0 Å². The number of carbonyl (C=O) groups is 2. The minimum Gasteiger partial charge on any atom is -0.463 e. The van der Waals surface area contributed by atoms with E-state index >= 15 is 0 Å². The molecule has 6 heteroatoms. The molecular formula is C17H25NO4S. The fraction of sp³-hybridized carbons (Fsp3) is 0.647. The van der Waals surface area contributed by atoms with Crippen LogP contribution in [0.2, 0.25) is 0 Å². The van der Waals surface area contributed by atoms with E-state index in [0.29, 0.717) is 17.9 Å². The number of nitrogens with zero attached hydrogens (tertiary/aromatic N) is 1. The largest absolute Gasteiger partial charge is 0.463 e. The van der Waals surface area contributed by atoms with Gasteiger partial charge < -0.3 is 14.4 Å². The highest BCUT2D eigenvalue weighted by molar-refractivity contribution is 8.03. The molecule has 0 aliphatic carbocycles. The lowest BCUT2D eigenvalue weighted by Crippen LogP contribution is -2.41. The summed E-state index contributed by atoms with van der Waals surface area (Å²) in [7, 11) is 0. The molecule has 0 N–H and O–H groups in total. The number of carbonyl (C=O) groups excluding carboxylic acids is 2. The van der Waals surface area contributed by atoms with Crippen LogP contribution in [0.1, 0.15) is 41.5 Å². The normalized spacial score (nSPS) is 24.4. The average molecular weight is 339 g/mol. The van der Waals surface area contributed by atoms with Crippen molar-refractivity contribution in [3.8, 4) is 0 Å². The number of rotatable bonds is 4. The second-order valence-corrected chi connectivity index (χ2v) is 7.52. The Labute approximate surface area is 142 Å². The Hall–Kier alpha value is -1.43. The lowest BCUT2D eigenvalue weighted by atomic mass is 9.86. The molecule has 2 heterocycles. The Morgan fingerprint density at radius 2 is 2.09 bits per heavy atom. The Morgan fingerprint density at radius 1 is 1.43 bits per heavy atom. The summed E-state index contributed by atoms with van der Waals surface area (Å²) in [6.07, 6.45) is 1.38. The zero-order valence-electron chi connectivity index (χ0n) is 14.6. The quantitative estimate of drug-likeness (QED) is 0.579. The highest BCUT2D eigenvalue weighted by Crippen LogP contribution is 2.53. The first-order valence-electron chi connectivity index (χ1n) is 7.95. The van der Waals surface area contributed by atoms with Gasteiger partial charge in [0, 0.05) is 29.0 Å². The van der Waals surface area contributed by atoms with Gasteiger partial charge in [-0.15, -0.1) is 11.8 Å². The topological polar surface area (TPSA) is 55.8 Å². The van der Waals surface area contributed by atoms with Crippen molar-refractivity contribution in [1.82, 2.24) is 4.90 Å². The summed E-state index contributed by atoms with van der Waals surface area (Å²) < 4.78 is 10.4. The van der Waals surface area contributed by atoms with Crippen LogP contribution in [0, 0.1) is 5.92 Å². The highest BCUT2D eigenvalue weighted by Gasteiger charge is 2.51. The molecule has 1 saturated heterocycles. The molecular weight excluding hydrogens is 314 g/mol. The summed E-state index contributed by atoms with van der Waals surface area (Å²) in [5, 5.41) is 0.906. The second-order valence-electron chi connectivity index (χ2n) is 6.56. The van der Waals surface area contributed by atoms with E-state index in [1.165, 1.54) is 6.08 Å². The first kappa shape index (κ1) is 17.9. The van der Waals surface area contributed by atoms with E-state index in [9.17, 15) is 9.59 Å². The van der Waals surface area contributed by atoms with Gasteiger partial charge >= 0.3 is 11.9 Å². The van der Waals surface area contributed by atoms with Crippen LogP contribution < -0.4 is 0 Å². The Bertz CT molecular complexity index is 577. The standard InChI is InChI=1S/C17H25NO4S/c1-7-21-13(19)8-12-9-23-15-14(16(20)22-10(2)3)11(4)17(5,6)18(12)15/h8,10-11H,7,9H2,1-6H3. The third-order valence-corrected chi connectivity index (χ3v) is 5.40. The van der Waals surface area contributed by atoms with Crippen LogP contribution in [0.15, 0.2) is 22.4 Å². The van der Waals surface area contributed by atoms with Crippen LogP contribution >= 0.6 is 11.8 Å². The smallest absolute Gasteiger partial charge is 0.337 e. The molecule has 23 heavy (non-hydrogen) atoms. The monoisotopic (exact) mass is 339 g/mol. The van der Waals surface area contributed by atoms with Crippen LogP contribution in [0.4, 0.5) is 0 Å². The van der Waals surface area contributed by atoms with Gasteiger partial charge in [-0.3, -0.25) is 0 Å². The van der Waals surface area contributed by atoms with Crippen LogP contribution in [0.5, 0.6) is 0 Å². The van der Waals surface area contributed by atoms with Crippen molar-refractivity contribution in [3.63, 3.8) is 0 Å². The summed E-state index contributed by atoms with van der Waals surface area (Å²) in [6, 6.07) is 0. The van der Waals surface area contributed by atoms with Crippen molar-refractivity contribution in [2.75, 3.05) is 12.4 Å². The molecule has 0 aromatic carbocycles. The predicted octanol–water partition coefficient (Wildman–Crippen LogP) is 3.07. The van der Waals surface area contributed by atoms with Crippen molar-refractivity contribution in [2.45, 2.75) is 53.2 Å². The fourth-order valence-electron chi connectivity index (χ4n) is 2.93. The number of thioether (sulfide) groups is 1. The zero-order valence-corrected chi connectivity index (χ0v) is 15.5. The maximum atomic E-state index is 12.5. The van der Waals surface area contributed by atoms with Gasteiger partial charge in [-0.2, -0.15) is 0 Å². The zero-order chi connectivity index (χ0) is 17.4. The first-order valence-corrected chi connectivity index (χ1v) is 8.94. The molecule has 5 nitrogen and oxygen atoms in total.